The highest BCUT2D eigenvalue weighted by molar-refractivity contribution is 9.10. The molecule has 1 aromatic heterocycles. The van der Waals surface area contributed by atoms with Crippen molar-refractivity contribution in [3.8, 4) is 0 Å². The lowest BCUT2D eigenvalue weighted by Crippen LogP contribution is -2.30. The number of hydrogen-bond acceptors (Lipinski definition) is 2. The molecule has 0 N–H and O–H groups in total. The van der Waals surface area contributed by atoms with Gasteiger partial charge in [-0.15, -0.1) is 0 Å². The van der Waals surface area contributed by atoms with Crippen molar-refractivity contribution in [1.29, 1.82) is 0 Å². The Morgan fingerprint density at radius 2 is 1.83 bits per heavy atom. The third kappa shape index (κ3) is 3.92. The van der Waals surface area contributed by atoms with Crippen LogP contribution in [0.2, 0.25) is 0 Å². The average molecular weight is 388 g/mol. The number of furan rings is 1. The van der Waals surface area contributed by atoms with Gasteiger partial charge in [0, 0.05) is 11.0 Å². The minimum atomic E-state index is -0.445. The maximum atomic E-state index is 13.6. The largest absolute Gasteiger partial charge is 0.467 e. The molecule has 0 aliphatic heterocycles. The topological polar surface area (TPSA) is 33.5 Å². The molecule has 0 spiro atoms. The maximum absolute atomic E-state index is 13.6. The molecule has 3 nitrogen and oxygen atoms in total. The molecule has 0 unspecified atom stereocenters. The van der Waals surface area contributed by atoms with Gasteiger partial charge in [-0.1, -0.05) is 30.3 Å². The molecule has 0 saturated carbocycles. The van der Waals surface area contributed by atoms with Crippen molar-refractivity contribution in [3.05, 3.63) is 94.1 Å². The first-order valence-corrected chi connectivity index (χ1v) is 8.23. The lowest BCUT2D eigenvalue weighted by molar-refractivity contribution is 0.0716. The van der Waals surface area contributed by atoms with Crippen LogP contribution in [-0.4, -0.2) is 10.8 Å². The van der Waals surface area contributed by atoms with Gasteiger partial charge < -0.3 is 9.32 Å². The Labute approximate surface area is 147 Å². The summed E-state index contributed by atoms with van der Waals surface area (Å²) in [7, 11) is 0. The number of hydrogen-bond donors (Lipinski definition) is 0. The molecule has 0 atom stereocenters. The molecule has 5 heteroatoms. The van der Waals surface area contributed by atoms with E-state index in [0.29, 0.717) is 23.3 Å². The standard InChI is InChI=1S/C19H15BrFNO2/c20-18-9-8-15(21)11-17(18)19(23)22(13-16-7-4-10-24-16)12-14-5-2-1-3-6-14/h1-11H,12-13H2. The molecule has 1 amide bonds. The Hall–Kier alpha value is -2.40. The summed E-state index contributed by atoms with van der Waals surface area (Å²) in [5, 5.41) is 0. The van der Waals surface area contributed by atoms with E-state index in [4.69, 9.17) is 4.42 Å². The number of carbonyl (C=O) groups is 1. The van der Waals surface area contributed by atoms with Crippen molar-refractivity contribution in [3.63, 3.8) is 0 Å². The third-order valence-corrected chi connectivity index (χ3v) is 4.28. The van der Waals surface area contributed by atoms with Crippen molar-refractivity contribution in [1.82, 2.24) is 4.90 Å². The molecule has 0 saturated heterocycles. The van der Waals surface area contributed by atoms with Gasteiger partial charge >= 0.3 is 0 Å². The summed E-state index contributed by atoms with van der Waals surface area (Å²) in [4.78, 5) is 14.6. The average Bonchev–Trinajstić information content (AvgIpc) is 3.10. The van der Waals surface area contributed by atoms with Crippen LogP contribution in [0.25, 0.3) is 0 Å². The minimum Gasteiger partial charge on any atom is -0.467 e. The molecule has 3 aromatic rings. The van der Waals surface area contributed by atoms with Crippen molar-refractivity contribution < 1.29 is 13.6 Å². The Bertz CT molecular complexity index is 819. The van der Waals surface area contributed by atoms with Crippen molar-refractivity contribution >= 4 is 21.8 Å². The van der Waals surface area contributed by atoms with E-state index in [1.54, 1.807) is 17.2 Å². The predicted molar refractivity (Wildman–Crippen MR) is 92.8 cm³/mol. The summed E-state index contributed by atoms with van der Waals surface area (Å²) >= 11 is 3.33. The van der Waals surface area contributed by atoms with E-state index < -0.39 is 5.82 Å². The van der Waals surface area contributed by atoms with E-state index in [1.807, 2.05) is 36.4 Å². The summed E-state index contributed by atoms with van der Waals surface area (Å²) in [5.74, 6) is -0.0346. The van der Waals surface area contributed by atoms with Gasteiger partial charge in [0.15, 0.2) is 0 Å². The van der Waals surface area contributed by atoms with Crippen LogP contribution in [0.1, 0.15) is 21.7 Å². The quantitative estimate of drug-likeness (QED) is 0.615. The summed E-state index contributed by atoms with van der Waals surface area (Å²) in [6.07, 6.45) is 1.57. The normalized spacial score (nSPS) is 10.6. The van der Waals surface area contributed by atoms with Crippen molar-refractivity contribution in [2.45, 2.75) is 13.1 Å². The Morgan fingerprint density at radius 3 is 2.54 bits per heavy atom. The van der Waals surface area contributed by atoms with Gasteiger partial charge in [-0.05, 0) is 51.8 Å². The second-order valence-electron chi connectivity index (χ2n) is 5.35. The third-order valence-electron chi connectivity index (χ3n) is 3.59. The zero-order valence-electron chi connectivity index (χ0n) is 12.8. The Kier molecular flexibility index (Phi) is 5.11. The van der Waals surface area contributed by atoms with Gasteiger partial charge in [0.25, 0.3) is 5.91 Å². The smallest absolute Gasteiger partial charge is 0.255 e. The molecule has 0 bridgehead atoms. The van der Waals surface area contributed by atoms with Gasteiger partial charge in [-0.2, -0.15) is 0 Å². The van der Waals surface area contributed by atoms with Crippen LogP contribution in [-0.2, 0) is 13.1 Å². The molecule has 0 fully saturated rings. The van der Waals surface area contributed by atoms with Crippen molar-refractivity contribution in [2.75, 3.05) is 0 Å². The maximum Gasteiger partial charge on any atom is 0.255 e. The Morgan fingerprint density at radius 1 is 1.04 bits per heavy atom. The van der Waals surface area contributed by atoms with Crippen LogP contribution in [0.15, 0.2) is 75.8 Å². The summed E-state index contributed by atoms with van der Waals surface area (Å²) in [6, 6.07) is 17.3. The van der Waals surface area contributed by atoms with Crippen LogP contribution >= 0.6 is 15.9 Å². The zero-order chi connectivity index (χ0) is 16.9. The lowest BCUT2D eigenvalue weighted by atomic mass is 10.1. The number of benzene rings is 2. The van der Waals surface area contributed by atoms with Crippen LogP contribution in [0.3, 0.4) is 0 Å². The van der Waals surface area contributed by atoms with Crippen molar-refractivity contribution in [2.24, 2.45) is 0 Å². The molecular formula is C19H15BrFNO2. The molecule has 122 valence electrons. The van der Waals surface area contributed by atoms with Crippen LogP contribution in [0.5, 0.6) is 0 Å². The second-order valence-corrected chi connectivity index (χ2v) is 6.20. The van der Waals surface area contributed by atoms with Gasteiger partial charge in [-0.25, -0.2) is 4.39 Å². The lowest BCUT2D eigenvalue weighted by Gasteiger charge is -2.22. The fraction of sp³-hybridized carbons (Fsp3) is 0.105. The van der Waals surface area contributed by atoms with Crippen LogP contribution in [0, 0.1) is 5.82 Å². The monoisotopic (exact) mass is 387 g/mol. The van der Waals surface area contributed by atoms with Crippen LogP contribution < -0.4 is 0 Å². The number of nitrogens with zero attached hydrogens (tertiary/aromatic N) is 1. The molecule has 0 aliphatic carbocycles. The van der Waals surface area contributed by atoms with Gasteiger partial charge in [-0.3, -0.25) is 4.79 Å². The zero-order valence-corrected chi connectivity index (χ0v) is 14.4. The molecule has 1 heterocycles. The summed E-state index contributed by atoms with van der Waals surface area (Å²) in [6.45, 7) is 0.715. The predicted octanol–water partition coefficient (Wildman–Crippen LogP) is 5.02. The Balaban J connectivity index is 1.90. The first-order chi connectivity index (χ1) is 11.6. The van der Waals surface area contributed by atoms with Gasteiger partial charge in [0.2, 0.25) is 0 Å². The first-order valence-electron chi connectivity index (χ1n) is 7.44. The molecule has 0 aliphatic rings. The summed E-state index contributed by atoms with van der Waals surface area (Å²) in [5.41, 5.74) is 1.28. The molecular weight excluding hydrogens is 373 g/mol. The molecule has 24 heavy (non-hydrogen) atoms. The highest BCUT2D eigenvalue weighted by atomic mass is 79.9. The molecule has 2 aromatic carbocycles. The van der Waals surface area contributed by atoms with Crippen LogP contribution in [0.4, 0.5) is 4.39 Å². The first kappa shape index (κ1) is 16.5. The van der Waals surface area contributed by atoms with E-state index in [1.165, 1.54) is 18.2 Å². The molecule has 3 rings (SSSR count). The summed E-state index contributed by atoms with van der Waals surface area (Å²) < 4.78 is 19.5. The number of carbonyl (C=O) groups excluding carboxylic acids is 1. The fourth-order valence-electron chi connectivity index (χ4n) is 2.43. The number of amides is 1. The van der Waals surface area contributed by atoms with E-state index in [2.05, 4.69) is 15.9 Å². The number of rotatable bonds is 5. The highest BCUT2D eigenvalue weighted by Crippen LogP contribution is 2.22. The van der Waals surface area contributed by atoms with E-state index in [0.717, 1.165) is 5.56 Å². The van der Waals surface area contributed by atoms with E-state index in [-0.39, 0.29) is 11.5 Å². The van der Waals surface area contributed by atoms with E-state index >= 15 is 0 Å². The fourth-order valence-corrected chi connectivity index (χ4v) is 2.84. The number of halogens is 2. The highest BCUT2D eigenvalue weighted by Gasteiger charge is 2.20. The van der Waals surface area contributed by atoms with E-state index in [9.17, 15) is 9.18 Å². The molecule has 0 radical (unpaired) electrons. The SMILES string of the molecule is O=C(c1cc(F)ccc1Br)N(Cc1ccccc1)Cc1ccco1. The minimum absolute atomic E-state index is 0.262. The van der Waals surface area contributed by atoms with Gasteiger partial charge in [0.05, 0.1) is 18.4 Å². The van der Waals surface area contributed by atoms with Gasteiger partial charge in [0.1, 0.15) is 11.6 Å². The second kappa shape index (κ2) is 7.45.